The standard InChI is InChI=1S/C16H19N5O/c22-15(14-6-5-12-3-1-2-4-13(12)14)20-7-9-21(10-8-20)16-17-11-18-19-16/h1-4,11,14H,5-10H2,(H,17,18,19)/t14-/m1/s1. The van der Waals surface area contributed by atoms with Crippen molar-refractivity contribution >= 4 is 11.9 Å². The molecule has 0 saturated carbocycles. The summed E-state index contributed by atoms with van der Waals surface area (Å²) in [5.41, 5.74) is 2.56. The number of H-pyrrole nitrogens is 1. The van der Waals surface area contributed by atoms with Crippen LogP contribution >= 0.6 is 0 Å². The van der Waals surface area contributed by atoms with Crippen molar-refractivity contribution in [2.24, 2.45) is 0 Å². The molecule has 1 N–H and O–H groups in total. The Balaban J connectivity index is 1.43. The molecule has 1 fully saturated rings. The molecule has 0 bridgehead atoms. The fourth-order valence-electron chi connectivity index (χ4n) is 3.52. The van der Waals surface area contributed by atoms with Crippen LogP contribution in [0.3, 0.4) is 0 Å². The summed E-state index contributed by atoms with van der Waals surface area (Å²) in [6.07, 6.45) is 3.48. The number of benzene rings is 1. The second kappa shape index (κ2) is 5.44. The van der Waals surface area contributed by atoms with Gasteiger partial charge in [0.1, 0.15) is 6.33 Å². The van der Waals surface area contributed by atoms with Crippen LogP contribution < -0.4 is 4.90 Å². The SMILES string of the molecule is O=C([C@@H]1CCc2ccccc21)N1CCN(c2ncn[nH]2)CC1. The Kier molecular flexibility index (Phi) is 3.29. The van der Waals surface area contributed by atoms with Crippen molar-refractivity contribution in [3.05, 3.63) is 41.7 Å². The molecule has 114 valence electrons. The number of nitrogens with one attached hydrogen (secondary N) is 1. The van der Waals surface area contributed by atoms with E-state index in [1.807, 2.05) is 11.0 Å². The van der Waals surface area contributed by atoms with Crippen LogP contribution in [0.1, 0.15) is 23.5 Å². The van der Waals surface area contributed by atoms with Crippen molar-refractivity contribution in [2.75, 3.05) is 31.1 Å². The Morgan fingerprint density at radius 1 is 1.18 bits per heavy atom. The number of aryl methyl sites for hydroxylation is 1. The molecule has 1 amide bonds. The number of aromatic nitrogens is 3. The number of fused-ring (bicyclic) bond motifs is 1. The molecule has 1 aromatic heterocycles. The van der Waals surface area contributed by atoms with Gasteiger partial charge < -0.3 is 9.80 Å². The minimum Gasteiger partial charge on any atom is -0.339 e. The number of nitrogens with zero attached hydrogens (tertiary/aromatic N) is 4. The summed E-state index contributed by atoms with van der Waals surface area (Å²) in [6, 6.07) is 8.34. The number of carbonyl (C=O) groups excluding carboxylic acids is 1. The highest BCUT2D eigenvalue weighted by atomic mass is 16.2. The van der Waals surface area contributed by atoms with Gasteiger partial charge in [0.05, 0.1) is 5.92 Å². The van der Waals surface area contributed by atoms with E-state index < -0.39 is 0 Å². The van der Waals surface area contributed by atoms with E-state index in [1.165, 1.54) is 17.5 Å². The van der Waals surface area contributed by atoms with Gasteiger partial charge in [0.25, 0.3) is 0 Å². The number of hydrogen-bond donors (Lipinski definition) is 1. The van der Waals surface area contributed by atoms with Gasteiger partial charge in [0, 0.05) is 26.2 Å². The van der Waals surface area contributed by atoms with Gasteiger partial charge in [-0.2, -0.15) is 10.1 Å². The van der Waals surface area contributed by atoms with Crippen LogP contribution in [0.25, 0.3) is 0 Å². The molecule has 0 spiro atoms. The van der Waals surface area contributed by atoms with Gasteiger partial charge in [-0.15, -0.1) is 0 Å². The number of carbonyl (C=O) groups is 1. The normalized spacial score (nSPS) is 21.0. The van der Waals surface area contributed by atoms with Gasteiger partial charge in [-0.25, -0.2) is 5.10 Å². The van der Waals surface area contributed by atoms with Gasteiger partial charge in [0.2, 0.25) is 11.9 Å². The van der Waals surface area contributed by atoms with Crippen LogP contribution in [0.4, 0.5) is 5.95 Å². The molecule has 1 aliphatic heterocycles. The highest BCUT2D eigenvalue weighted by Gasteiger charge is 2.33. The van der Waals surface area contributed by atoms with Crippen LogP contribution in [0, 0.1) is 0 Å². The van der Waals surface area contributed by atoms with Crippen molar-refractivity contribution in [1.82, 2.24) is 20.1 Å². The monoisotopic (exact) mass is 297 g/mol. The molecule has 2 aliphatic rings. The van der Waals surface area contributed by atoms with E-state index >= 15 is 0 Å². The Bertz CT molecular complexity index is 661. The first-order chi connectivity index (χ1) is 10.8. The number of anilines is 1. The van der Waals surface area contributed by atoms with E-state index in [0.717, 1.165) is 45.0 Å². The molecular weight excluding hydrogens is 278 g/mol. The van der Waals surface area contributed by atoms with Crippen molar-refractivity contribution in [1.29, 1.82) is 0 Å². The van der Waals surface area contributed by atoms with E-state index in [-0.39, 0.29) is 11.8 Å². The zero-order chi connectivity index (χ0) is 14.9. The van der Waals surface area contributed by atoms with Crippen molar-refractivity contribution < 1.29 is 4.79 Å². The van der Waals surface area contributed by atoms with Crippen LogP contribution in [0.2, 0.25) is 0 Å². The maximum Gasteiger partial charge on any atom is 0.230 e. The lowest BCUT2D eigenvalue weighted by Crippen LogP contribution is -2.50. The highest BCUT2D eigenvalue weighted by Crippen LogP contribution is 2.34. The third-order valence-electron chi connectivity index (χ3n) is 4.72. The van der Waals surface area contributed by atoms with E-state index in [0.29, 0.717) is 0 Å². The molecule has 1 aliphatic carbocycles. The zero-order valence-electron chi connectivity index (χ0n) is 12.4. The summed E-state index contributed by atoms with van der Waals surface area (Å²) in [5, 5.41) is 6.76. The summed E-state index contributed by atoms with van der Waals surface area (Å²) in [4.78, 5) is 21.1. The third kappa shape index (κ3) is 2.24. The van der Waals surface area contributed by atoms with E-state index in [1.54, 1.807) is 0 Å². The topological polar surface area (TPSA) is 65.1 Å². The average Bonchev–Trinajstić information content (AvgIpc) is 3.24. The summed E-state index contributed by atoms with van der Waals surface area (Å²) < 4.78 is 0. The minimum atomic E-state index is 0.0491. The first kappa shape index (κ1) is 13.3. The Labute approximate surface area is 129 Å². The fourth-order valence-corrected chi connectivity index (χ4v) is 3.52. The Morgan fingerprint density at radius 2 is 2.00 bits per heavy atom. The maximum atomic E-state index is 12.8. The molecule has 6 nitrogen and oxygen atoms in total. The summed E-state index contributed by atoms with van der Waals surface area (Å²) >= 11 is 0. The van der Waals surface area contributed by atoms with Crippen molar-refractivity contribution in [3.63, 3.8) is 0 Å². The first-order valence-corrected chi connectivity index (χ1v) is 7.80. The first-order valence-electron chi connectivity index (χ1n) is 7.80. The minimum absolute atomic E-state index is 0.0491. The number of aromatic amines is 1. The Morgan fingerprint density at radius 3 is 2.77 bits per heavy atom. The lowest BCUT2D eigenvalue weighted by atomic mass is 9.99. The predicted octanol–water partition coefficient (Wildman–Crippen LogP) is 1.18. The van der Waals surface area contributed by atoms with Crippen LogP contribution in [-0.4, -0.2) is 52.2 Å². The lowest BCUT2D eigenvalue weighted by Gasteiger charge is -2.35. The molecule has 22 heavy (non-hydrogen) atoms. The number of piperazine rings is 1. The average molecular weight is 297 g/mol. The highest BCUT2D eigenvalue weighted by molar-refractivity contribution is 5.85. The van der Waals surface area contributed by atoms with Crippen LogP contribution in [-0.2, 0) is 11.2 Å². The van der Waals surface area contributed by atoms with Crippen molar-refractivity contribution in [2.45, 2.75) is 18.8 Å². The van der Waals surface area contributed by atoms with Gasteiger partial charge in [-0.3, -0.25) is 4.79 Å². The molecule has 6 heteroatoms. The zero-order valence-corrected chi connectivity index (χ0v) is 12.4. The second-order valence-electron chi connectivity index (χ2n) is 5.91. The van der Waals surface area contributed by atoms with Crippen LogP contribution in [0.5, 0.6) is 0 Å². The summed E-state index contributed by atoms with van der Waals surface area (Å²) in [6.45, 7) is 3.10. The van der Waals surface area contributed by atoms with E-state index in [4.69, 9.17) is 0 Å². The predicted molar refractivity (Wildman–Crippen MR) is 82.7 cm³/mol. The maximum absolute atomic E-state index is 12.8. The third-order valence-corrected chi connectivity index (χ3v) is 4.72. The molecule has 1 atom stereocenters. The fraction of sp³-hybridized carbons (Fsp3) is 0.438. The van der Waals surface area contributed by atoms with Gasteiger partial charge in [-0.1, -0.05) is 24.3 Å². The van der Waals surface area contributed by atoms with Gasteiger partial charge >= 0.3 is 0 Å². The van der Waals surface area contributed by atoms with E-state index in [9.17, 15) is 4.79 Å². The largest absolute Gasteiger partial charge is 0.339 e. The lowest BCUT2D eigenvalue weighted by molar-refractivity contribution is -0.133. The molecule has 1 aromatic carbocycles. The number of hydrogen-bond acceptors (Lipinski definition) is 4. The molecule has 2 aromatic rings. The van der Waals surface area contributed by atoms with E-state index in [2.05, 4.69) is 38.3 Å². The number of rotatable bonds is 2. The summed E-state index contributed by atoms with van der Waals surface area (Å²) in [5.74, 6) is 1.12. The second-order valence-corrected chi connectivity index (χ2v) is 5.91. The van der Waals surface area contributed by atoms with Crippen molar-refractivity contribution in [3.8, 4) is 0 Å². The molecule has 1 saturated heterocycles. The smallest absolute Gasteiger partial charge is 0.230 e. The van der Waals surface area contributed by atoms with Gasteiger partial charge in [-0.05, 0) is 24.0 Å². The Hall–Kier alpha value is -2.37. The quantitative estimate of drug-likeness (QED) is 0.904. The molecule has 0 radical (unpaired) electrons. The van der Waals surface area contributed by atoms with Gasteiger partial charge in [0.15, 0.2) is 0 Å². The molecular formula is C16H19N5O. The molecule has 4 rings (SSSR count). The number of amides is 1. The molecule has 2 heterocycles. The molecule has 0 unspecified atom stereocenters. The summed E-state index contributed by atoms with van der Waals surface area (Å²) in [7, 11) is 0. The van der Waals surface area contributed by atoms with Crippen LogP contribution in [0.15, 0.2) is 30.6 Å².